The van der Waals surface area contributed by atoms with Crippen LogP contribution in [0.1, 0.15) is 11.1 Å². The van der Waals surface area contributed by atoms with E-state index in [1.807, 2.05) is 35.0 Å². The Bertz CT molecular complexity index is 1230. The SMILES string of the molecule is COC(=O)CN1C(=O)S/C(=C\c2cn(Cc3c(Cl)cccc3Cl)c3ccccc23)C1=O. The van der Waals surface area contributed by atoms with Gasteiger partial charge in [-0.05, 0) is 36.0 Å². The Morgan fingerprint density at radius 2 is 1.81 bits per heavy atom. The van der Waals surface area contributed by atoms with Gasteiger partial charge in [0.15, 0.2) is 0 Å². The zero-order valence-corrected chi connectivity index (χ0v) is 18.6. The van der Waals surface area contributed by atoms with E-state index < -0.39 is 23.7 Å². The second-order valence-electron chi connectivity index (χ2n) is 6.77. The van der Waals surface area contributed by atoms with E-state index in [4.69, 9.17) is 23.2 Å². The quantitative estimate of drug-likeness (QED) is 0.375. The van der Waals surface area contributed by atoms with Gasteiger partial charge in [0.1, 0.15) is 6.54 Å². The first kappa shape index (κ1) is 21.5. The summed E-state index contributed by atoms with van der Waals surface area (Å²) in [6.45, 7) is 0.0297. The number of hydrogen-bond donors (Lipinski definition) is 0. The minimum Gasteiger partial charge on any atom is -0.468 e. The predicted octanol–water partition coefficient (Wildman–Crippen LogP) is 5.21. The molecule has 3 aromatic rings. The minimum absolute atomic E-state index is 0.243. The number of esters is 1. The van der Waals surface area contributed by atoms with Crippen LogP contribution < -0.4 is 0 Å². The highest BCUT2D eigenvalue weighted by Crippen LogP contribution is 2.35. The molecule has 0 unspecified atom stereocenters. The Balaban J connectivity index is 1.72. The monoisotopic (exact) mass is 474 g/mol. The van der Waals surface area contributed by atoms with E-state index >= 15 is 0 Å². The number of halogens is 2. The van der Waals surface area contributed by atoms with Crippen molar-refractivity contribution in [1.29, 1.82) is 0 Å². The zero-order valence-electron chi connectivity index (χ0n) is 16.3. The molecule has 9 heteroatoms. The fraction of sp³-hybridized carbons (Fsp3) is 0.136. The van der Waals surface area contributed by atoms with Crippen molar-refractivity contribution in [2.75, 3.05) is 13.7 Å². The van der Waals surface area contributed by atoms with Crippen molar-refractivity contribution in [2.24, 2.45) is 0 Å². The summed E-state index contributed by atoms with van der Waals surface area (Å²) in [5.41, 5.74) is 2.48. The number of nitrogens with zero attached hydrogens (tertiary/aromatic N) is 2. The molecule has 1 aliphatic rings. The smallest absolute Gasteiger partial charge is 0.325 e. The number of carbonyl (C=O) groups excluding carboxylic acids is 3. The van der Waals surface area contributed by atoms with Crippen molar-refractivity contribution < 1.29 is 19.1 Å². The second-order valence-corrected chi connectivity index (χ2v) is 8.58. The van der Waals surface area contributed by atoms with Crippen LogP contribution >= 0.6 is 35.0 Å². The van der Waals surface area contributed by atoms with Gasteiger partial charge < -0.3 is 9.30 Å². The molecule has 2 heterocycles. The van der Waals surface area contributed by atoms with Crippen LogP contribution in [-0.2, 0) is 20.9 Å². The molecule has 2 amide bonds. The maximum absolute atomic E-state index is 12.7. The van der Waals surface area contributed by atoms with Crippen molar-refractivity contribution in [3.8, 4) is 0 Å². The zero-order chi connectivity index (χ0) is 22.1. The van der Waals surface area contributed by atoms with Crippen molar-refractivity contribution in [2.45, 2.75) is 6.54 Å². The lowest BCUT2D eigenvalue weighted by Gasteiger charge is -2.09. The molecule has 0 bridgehead atoms. The molecule has 1 fully saturated rings. The van der Waals surface area contributed by atoms with Crippen LogP contribution in [0.2, 0.25) is 10.0 Å². The predicted molar refractivity (Wildman–Crippen MR) is 122 cm³/mol. The molecule has 1 aromatic heterocycles. The van der Waals surface area contributed by atoms with Crippen LogP contribution in [-0.4, -0.2) is 40.2 Å². The van der Waals surface area contributed by atoms with E-state index in [9.17, 15) is 14.4 Å². The molecule has 0 aliphatic carbocycles. The molecule has 6 nitrogen and oxygen atoms in total. The lowest BCUT2D eigenvalue weighted by atomic mass is 10.1. The molecule has 1 saturated heterocycles. The summed E-state index contributed by atoms with van der Waals surface area (Å²) in [7, 11) is 1.21. The Labute approximate surface area is 192 Å². The summed E-state index contributed by atoms with van der Waals surface area (Å²) < 4.78 is 6.55. The molecule has 31 heavy (non-hydrogen) atoms. The van der Waals surface area contributed by atoms with E-state index in [0.717, 1.165) is 38.7 Å². The fourth-order valence-corrected chi connectivity index (χ4v) is 4.69. The first-order valence-electron chi connectivity index (χ1n) is 9.22. The highest BCUT2D eigenvalue weighted by atomic mass is 35.5. The van der Waals surface area contributed by atoms with Gasteiger partial charge in [-0.25, -0.2) is 0 Å². The Morgan fingerprint density at radius 1 is 1.10 bits per heavy atom. The molecule has 0 saturated carbocycles. The Morgan fingerprint density at radius 3 is 2.52 bits per heavy atom. The van der Waals surface area contributed by atoms with Gasteiger partial charge in [-0.3, -0.25) is 19.3 Å². The number of thioether (sulfide) groups is 1. The number of amides is 2. The van der Waals surface area contributed by atoms with Crippen LogP contribution in [0.3, 0.4) is 0 Å². The highest BCUT2D eigenvalue weighted by molar-refractivity contribution is 8.18. The van der Waals surface area contributed by atoms with Crippen LogP contribution in [0.25, 0.3) is 17.0 Å². The third kappa shape index (κ3) is 4.21. The molecular weight excluding hydrogens is 459 g/mol. The van der Waals surface area contributed by atoms with Crippen LogP contribution in [0.15, 0.2) is 53.6 Å². The largest absolute Gasteiger partial charge is 0.468 e. The molecule has 1 aliphatic heterocycles. The van der Waals surface area contributed by atoms with E-state index in [-0.39, 0.29) is 4.91 Å². The van der Waals surface area contributed by atoms with Crippen molar-refractivity contribution in [3.05, 3.63) is 74.7 Å². The van der Waals surface area contributed by atoms with E-state index in [1.54, 1.807) is 24.3 Å². The Kier molecular flexibility index (Phi) is 6.09. The van der Waals surface area contributed by atoms with Crippen LogP contribution in [0, 0.1) is 0 Å². The van der Waals surface area contributed by atoms with Crippen LogP contribution in [0.4, 0.5) is 4.79 Å². The van der Waals surface area contributed by atoms with Crippen LogP contribution in [0.5, 0.6) is 0 Å². The van der Waals surface area contributed by atoms with Gasteiger partial charge in [0.25, 0.3) is 11.1 Å². The summed E-state index contributed by atoms with van der Waals surface area (Å²) in [5.74, 6) is -1.18. The molecule has 4 rings (SSSR count). The van der Waals surface area contributed by atoms with Gasteiger partial charge in [0.2, 0.25) is 0 Å². The molecule has 2 aromatic carbocycles. The number of benzene rings is 2. The first-order valence-corrected chi connectivity index (χ1v) is 10.8. The molecule has 0 radical (unpaired) electrons. The number of imide groups is 1. The molecule has 0 N–H and O–H groups in total. The standard InChI is InChI=1S/C22H16Cl2N2O4S/c1-30-20(27)12-26-21(28)19(31-22(26)29)9-13-10-25(18-8-3-2-5-14(13)18)11-15-16(23)6-4-7-17(15)24/h2-10H,11-12H2,1H3/b19-9-. The number of hydrogen-bond acceptors (Lipinski definition) is 5. The molecule has 158 valence electrons. The van der Waals surface area contributed by atoms with Gasteiger partial charge in [-0.15, -0.1) is 0 Å². The summed E-state index contributed by atoms with van der Waals surface area (Å²) in [6.07, 6.45) is 3.55. The number of para-hydroxylation sites is 1. The van der Waals surface area contributed by atoms with E-state index in [2.05, 4.69) is 4.74 Å². The van der Waals surface area contributed by atoms with Crippen molar-refractivity contribution >= 4 is 69.1 Å². The maximum Gasteiger partial charge on any atom is 0.325 e. The number of fused-ring (bicyclic) bond motifs is 1. The van der Waals surface area contributed by atoms with E-state index in [0.29, 0.717) is 16.6 Å². The fourth-order valence-electron chi connectivity index (χ4n) is 3.35. The van der Waals surface area contributed by atoms with Gasteiger partial charge in [-0.1, -0.05) is 47.5 Å². The summed E-state index contributed by atoms with van der Waals surface area (Å²) in [6, 6.07) is 13.1. The lowest BCUT2D eigenvalue weighted by molar-refractivity contribution is -0.143. The molecule has 0 atom stereocenters. The topological polar surface area (TPSA) is 68.6 Å². The first-order chi connectivity index (χ1) is 14.9. The van der Waals surface area contributed by atoms with Gasteiger partial charge in [0, 0.05) is 38.3 Å². The molecule has 0 spiro atoms. The van der Waals surface area contributed by atoms with Gasteiger partial charge in [0.05, 0.1) is 18.6 Å². The molecular formula is C22H16Cl2N2O4S. The summed E-state index contributed by atoms with van der Waals surface area (Å²) in [4.78, 5) is 37.5. The lowest BCUT2D eigenvalue weighted by Crippen LogP contribution is -2.34. The summed E-state index contributed by atoms with van der Waals surface area (Å²) >= 11 is 13.5. The van der Waals surface area contributed by atoms with Crippen molar-refractivity contribution in [1.82, 2.24) is 9.47 Å². The number of ether oxygens (including phenoxy) is 1. The average molecular weight is 475 g/mol. The van der Waals surface area contributed by atoms with Crippen molar-refractivity contribution in [3.63, 3.8) is 0 Å². The normalized spacial score (nSPS) is 15.3. The number of aromatic nitrogens is 1. The minimum atomic E-state index is -0.656. The Hall–Kier alpha value is -2.74. The third-order valence-corrected chi connectivity index (χ3v) is 6.50. The number of carbonyl (C=O) groups is 3. The van der Waals surface area contributed by atoms with Gasteiger partial charge >= 0.3 is 5.97 Å². The second kappa shape index (κ2) is 8.78. The maximum atomic E-state index is 12.7. The third-order valence-electron chi connectivity index (χ3n) is 4.88. The average Bonchev–Trinajstić information content (AvgIpc) is 3.23. The van der Waals surface area contributed by atoms with Gasteiger partial charge in [-0.2, -0.15) is 0 Å². The highest BCUT2D eigenvalue weighted by Gasteiger charge is 2.36. The van der Waals surface area contributed by atoms with E-state index in [1.165, 1.54) is 7.11 Å². The number of rotatable bonds is 5. The number of methoxy groups -OCH3 is 1. The summed E-state index contributed by atoms with van der Waals surface area (Å²) in [5, 5.41) is 1.53.